The standard InChI is InChI=1S/C19H16N2O2/c1-12-15-4-3-5-16-18(15)17(10-20-12)21(19(16)22)11-13-6-8-14(23-2)9-7-13/h3-10H,11H2,1-2H3. The summed E-state index contributed by atoms with van der Waals surface area (Å²) < 4.78 is 5.18. The summed E-state index contributed by atoms with van der Waals surface area (Å²) >= 11 is 0. The molecule has 4 nitrogen and oxygen atoms in total. The molecular weight excluding hydrogens is 288 g/mol. The zero-order valence-corrected chi connectivity index (χ0v) is 13.0. The van der Waals surface area contributed by atoms with E-state index in [-0.39, 0.29) is 5.91 Å². The van der Waals surface area contributed by atoms with E-state index in [2.05, 4.69) is 4.98 Å². The van der Waals surface area contributed by atoms with Gasteiger partial charge in [-0.05, 0) is 30.7 Å². The zero-order valence-electron chi connectivity index (χ0n) is 13.0. The summed E-state index contributed by atoms with van der Waals surface area (Å²) in [7, 11) is 1.64. The maximum absolute atomic E-state index is 12.8. The molecule has 2 heterocycles. The Morgan fingerprint density at radius 1 is 1.13 bits per heavy atom. The van der Waals surface area contributed by atoms with Crippen molar-refractivity contribution in [1.29, 1.82) is 0 Å². The monoisotopic (exact) mass is 304 g/mol. The molecule has 0 bridgehead atoms. The van der Waals surface area contributed by atoms with E-state index in [1.165, 1.54) is 0 Å². The molecule has 0 spiro atoms. The number of rotatable bonds is 3. The van der Waals surface area contributed by atoms with Crippen LogP contribution in [0.15, 0.2) is 48.7 Å². The number of ether oxygens (including phenoxy) is 1. The molecule has 0 unspecified atom stereocenters. The molecule has 3 aromatic rings. The Labute approximate surface area is 134 Å². The Kier molecular flexibility index (Phi) is 3.05. The number of amides is 1. The minimum atomic E-state index is 0.0359. The van der Waals surface area contributed by atoms with E-state index < -0.39 is 0 Å². The Hall–Kier alpha value is -2.88. The molecular formula is C19H16N2O2. The van der Waals surface area contributed by atoms with E-state index in [9.17, 15) is 4.79 Å². The molecule has 4 heteroatoms. The van der Waals surface area contributed by atoms with Crippen molar-refractivity contribution in [3.05, 3.63) is 65.5 Å². The van der Waals surface area contributed by atoms with Gasteiger partial charge in [-0.1, -0.05) is 24.3 Å². The predicted molar refractivity (Wildman–Crippen MR) is 90.0 cm³/mol. The summed E-state index contributed by atoms with van der Waals surface area (Å²) in [6.07, 6.45) is 1.80. The van der Waals surface area contributed by atoms with Crippen molar-refractivity contribution in [1.82, 2.24) is 4.98 Å². The van der Waals surface area contributed by atoms with Crippen LogP contribution in [0.5, 0.6) is 5.75 Å². The first-order valence-electron chi connectivity index (χ1n) is 7.52. The van der Waals surface area contributed by atoms with Gasteiger partial charge in [-0.25, -0.2) is 0 Å². The number of aryl methyl sites for hydroxylation is 1. The largest absolute Gasteiger partial charge is 0.497 e. The SMILES string of the molecule is COc1ccc(CN2C(=O)c3cccc4c(C)ncc2c34)cc1. The summed E-state index contributed by atoms with van der Waals surface area (Å²) in [6.45, 7) is 2.50. The maximum Gasteiger partial charge on any atom is 0.259 e. The molecule has 0 aliphatic carbocycles. The van der Waals surface area contributed by atoms with Gasteiger partial charge in [0.25, 0.3) is 5.91 Å². The van der Waals surface area contributed by atoms with Crippen LogP contribution >= 0.6 is 0 Å². The van der Waals surface area contributed by atoms with Crippen LogP contribution in [0.1, 0.15) is 21.6 Å². The lowest BCUT2D eigenvalue weighted by Crippen LogP contribution is -2.26. The minimum Gasteiger partial charge on any atom is -0.497 e. The van der Waals surface area contributed by atoms with Gasteiger partial charge in [0.2, 0.25) is 0 Å². The third kappa shape index (κ3) is 2.06. The van der Waals surface area contributed by atoms with Crippen molar-refractivity contribution in [2.45, 2.75) is 13.5 Å². The fourth-order valence-electron chi connectivity index (χ4n) is 3.13. The second-order valence-corrected chi connectivity index (χ2v) is 5.70. The lowest BCUT2D eigenvalue weighted by Gasteiger charge is -2.17. The number of carbonyl (C=O) groups excluding carboxylic acids is 1. The molecule has 0 radical (unpaired) electrons. The summed E-state index contributed by atoms with van der Waals surface area (Å²) in [4.78, 5) is 19.0. The van der Waals surface area contributed by atoms with E-state index in [0.717, 1.165) is 39.0 Å². The van der Waals surface area contributed by atoms with Crippen LogP contribution in [-0.2, 0) is 6.54 Å². The summed E-state index contributed by atoms with van der Waals surface area (Å²) in [5.74, 6) is 0.845. The first-order chi connectivity index (χ1) is 11.2. The highest BCUT2D eigenvalue weighted by Gasteiger charge is 2.30. The van der Waals surface area contributed by atoms with E-state index in [0.29, 0.717) is 6.54 Å². The normalized spacial score (nSPS) is 13.0. The molecule has 1 aromatic heterocycles. The highest BCUT2D eigenvalue weighted by atomic mass is 16.5. The number of methoxy groups -OCH3 is 1. The average Bonchev–Trinajstić information content (AvgIpc) is 2.86. The molecule has 4 rings (SSSR count). The maximum atomic E-state index is 12.8. The molecule has 1 amide bonds. The number of pyridine rings is 1. The predicted octanol–water partition coefficient (Wildman–Crippen LogP) is 3.71. The second kappa shape index (κ2) is 5.09. The molecule has 23 heavy (non-hydrogen) atoms. The number of hydrogen-bond acceptors (Lipinski definition) is 3. The average molecular weight is 304 g/mol. The van der Waals surface area contributed by atoms with Crippen molar-refractivity contribution in [2.24, 2.45) is 0 Å². The molecule has 0 atom stereocenters. The molecule has 114 valence electrons. The quantitative estimate of drug-likeness (QED) is 0.740. The first kappa shape index (κ1) is 13.8. The minimum absolute atomic E-state index is 0.0359. The molecule has 0 fully saturated rings. The van der Waals surface area contributed by atoms with Crippen LogP contribution in [0, 0.1) is 6.92 Å². The van der Waals surface area contributed by atoms with Gasteiger partial charge in [-0.3, -0.25) is 9.78 Å². The van der Waals surface area contributed by atoms with Crippen molar-refractivity contribution >= 4 is 22.4 Å². The van der Waals surface area contributed by atoms with E-state index in [1.807, 2.05) is 49.4 Å². The van der Waals surface area contributed by atoms with Gasteiger partial charge >= 0.3 is 0 Å². The van der Waals surface area contributed by atoms with E-state index >= 15 is 0 Å². The topological polar surface area (TPSA) is 42.4 Å². The van der Waals surface area contributed by atoms with Gasteiger partial charge < -0.3 is 9.64 Å². The van der Waals surface area contributed by atoms with E-state index in [4.69, 9.17) is 4.74 Å². The van der Waals surface area contributed by atoms with Crippen LogP contribution in [0.2, 0.25) is 0 Å². The van der Waals surface area contributed by atoms with Crippen LogP contribution in [0.4, 0.5) is 5.69 Å². The number of hydrogen-bond donors (Lipinski definition) is 0. The molecule has 0 N–H and O–H groups in total. The third-order valence-electron chi connectivity index (χ3n) is 4.36. The number of benzene rings is 2. The summed E-state index contributed by atoms with van der Waals surface area (Å²) in [5.41, 5.74) is 3.66. The molecule has 2 aromatic carbocycles. The Balaban J connectivity index is 1.77. The van der Waals surface area contributed by atoms with Gasteiger partial charge in [0.05, 0.1) is 25.5 Å². The Bertz CT molecular complexity index is 917. The molecule has 1 aliphatic rings. The number of carbonyl (C=O) groups is 1. The smallest absolute Gasteiger partial charge is 0.259 e. The van der Waals surface area contributed by atoms with Crippen LogP contribution < -0.4 is 9.64 Å². The number of nitrogens with zero attached hydrogens (tertiary/aromatic N) is 2. The molecule has 0 saturated heterocycles. The zero-order chi connectivity index (χ0) is 16.0. The van der Waals surface area contributed by atoms with Crippen molar-refractivity contribution in [3.8, 4) is 5.75 Å². The second-order valence-electron chi connectivity index (χ2n) is 5.70. The number of aromatic nitrogens is 1. The summed E-state index contributed by atoms with van der Waals surface area (Å²) in [5, 5.41) is 2.06. The lowest BCUT2D eigenvalue weighted by atomic mass is 10.1. The Morgan fingerprint density at radius 2 is 1.91 bits per heavy atom. The fourth-order valence-corrected chi connectivity index (χ4v) is 3.13. The van der Waals surface area contributed by atoms with Gasteiger partial charge in [-0.15, -0.1) is 0 Å². The van der Waals surface area contributed by atoms with Gasteiger partial charge in [0.1, 0.15) is 5.75 Å². The summed E-state index contributed by atoms with van der Waals surface area (Å²) in [6, 6.07) is 13.6. The molecule has 1 aliphatic heterocycles. The van der Waals surface area contributed by atoms with Crippen LogP contribution in [0.3, 0.4) is 0 Å². The van der Waals surface area contributed by atoms with Gasteiger partial charge in [0, 0.05) is 22.0 Å². The van der Waals surface area contributed by atoms with Crippen molar-refractivity contribution < 1.29 is 9.53 Å². The van der Waals surface area contributed by atoms with Gasteiger partial charge in [0.15, 0.2) is 0 Å². The van der Waals surface area contributed by atoms with Crippen LogP contribution in [-0.4, -0.2) is 18.0 Å². The van der Waals surface area contributed by atoms with E-state index in [1.54, 1.807) is 18.2 Å². The highest BCUT2D eigenvalue weighted by molar-refractivity contribution is 6.25. The third-order valence-corrected chi connectivity index (χ3v) is 4.36. The lowest BCUT2D eigenvalue weighted by molar-refractivity contribution is 0.0991. The first-order valence-corrected chi connectivity index (χ1v) is 7.52. The molecule has 0 saturated carbocycles. The van der Waals surface area contributed by atoms with Crippen molar-refractivity contribution in [3.63, 3.8) is 0 Å². The highest BCUT2D eigenvalue weighted by Crippen LogP contribution is 2.38. The number of anilines is 1. The fraction of sp³-hybridized carbons (Fsp3) is 0.158. The Morgan fingerprint density at radius 3 is 2.65 bits per heavy atom. The van der Waals surface area contributed by atoms with Crippen LogP contribution in [0.25, 0.3) is 10.8 Å². The van der Waals surface area contributed by atoms with Crippen molar-refractivity contribution in [2.75, 3.05) is 12.0 Å². The van der Waals surface area contributed by atoms with Gasteiger partial charge in [-0.2, -0.15) is 0 Å².